The van der Waals surface area contributed by atoms with Crippen LogP contribution in [-0.4, -0.2) is 31.9 Å². The third-order valence-electron chi connectivity index (χ3n) is 3.66. The fourth-order valence-electron chi connectivity index (χ4n) is 2.43. The molecule has 128 valence electrons. The van der Waals surface area contributed by atoms with Crippen LogP contribution in [0, 0.1) is 13.8 Å². The molecule has 6 nitrogen and oxygen atoms in total. The number of hydrogen-bond donors (Lipinski definition) is 1. The van der Waals surface area contributed by atoms with Crippen LogP contribution in [0.1, 0.15) is 16.7 Å². The molecule has 25 heavy (non-hydrogen) atoms. The molecule has 0 aliphatic rings. The molecule has 3 aromatic rings. The molecule has 0 saturated carbocycles. The molecule has 3 rings (SSSR count). The number of carbonyl (C=O) groups is 1. The van der Waals surface area contributed by atoms with Crippen molar-refractivity contribution in [3.63, 3.8) is 0 Å². The molecule has 0 saturated heterocycles. The highest BCUT2D eigenvalue weighted by atomic mass is 32.2. The van der Waals surface area contributed by atoms with Gasteiger partial charge in [0.1, 0.15) is 0 Å². The van der Waals surface area contributed by atoms with Crippen molar-refractivity contribution in [1.29, 1.82) is 0 Å². The lowest BCUT2D eigenvalue weighted by molar-refractivity contribution is -0.113. The highest BCUT2D eigenvalue weighted by Gasteiger charge is 2.11. The van der Waals surface area contributed by atoms with Gasteiger partial charge in [-0.3, -0.25) is 4.79 Å². The zero-order chi connectivity index (χ0) is 17.6. The molecule has 0 unspecified atom stereocenters. The lowest BCUT2D eigenvalue weighted by Crippen LogP contribution is -2.15. The van der Waals surface area contributed by atoms with Crippen LogP contribution in [0.3, 0.4) is 0 Å². The zero-order valence-corrected chi connectivity index (χ0v) is 15.0. The maximum absolute atomic E-state index is 12.2. The Balaban J connectivity index is 1.58. The van der Waals surface area contributed by atoms with E-state index in [0.717, 1.165) is 16.8 Å². The number of anilines is 1. The van der Waals surface area contributed by atoms with Crippen LogP contribution in [0.5, 0.6) is 0 Å². The van der Waals surface area contributed by atoms with Crippen LogP contribution in [0.15, 0.2) is 53.7 Å². The van der Waals surface area contributed by atoms with Crippen molar-refractivity contribution < 1.29 is 4.79 Å². The molecule has 1 aromatic heterocycles. The number of nitrogens with zero attached hydrogens (tertiary/aromatic N) is 4. The second kappa shape index (κ2) is 7.94. The Hall–Kier alpha value is -2.67. The van der Waals surface area contributed by atoms with Gasteiger partial charge in [-0.25, -0.2) is 4.68 Å². The van der Waals surface area contributed by atoms with Crippen molar-refractivity contribution in [1.82, 2.24) is 20.2 Å². The second-order valence-corrected chi connectivity index (χ2v) is 6.70. The maximum Gasteiger partial charge on any atom is 0.234 e. The predicted molar refractivity (Wildman–Crippen MR) is 98.6 cm³/mol. The van der Waals surface area contributed by atoms with E-state index in [1.165, 1.54) is 17.3 Å². The number of amides is 1. The molecular weight excluding hydrogens is 334 g/mol. The van der Waals surface area contributed by atoms with Gasteiger partial charge in [0.05, 0.1) is 12.3 Å². The van der Waals surface area contributed by atoms with E-state index in [4.69, 9.17) is 0 Å². The highest BCUT2D eigenvalue weighted by Crippen LogP contribution is 2.18. The van der Waals surface area contributed by atoms with Gasteiger partial charge in [0, 0.05) is 5.69 Å². The summed E-state index contributed by atoms with van der Waals surface area (Å²) in [7, 11) is 0. The Kier molecular flexibility index (Phi) is 5.45. The van der Waals surface area contributed by atoms with Gasteiger partial charge in [0.15, 0.2) is 0 Å². The third-order valence-corrected chi connectivity index (χ3v) is 4.62. The Morgan fingerprint density at radius 3 is 2.72 bits per heavy atom. The van der Waals surface area contributed by atoms with Gasteiger partial charge in [0.25, 0.3) is 0 Å². The standard InChI is InChI=1S/C18H19N5OS/c1-13-8-9-16(14(2)10-13)19-17(24)12-25-18-20-21-22-23(18)11-15-6-4-3-5-7-15/h3-10H,11-12H2,1-2H3,(H,19,24). The molecule has 0 atom stereocenters. The normalized spacial score (nSPS) is 10.6. The number of nitrogens with one attached hydrogen (secondary N) is 1. The first kappa shape index (κ1) is 17.2. The monoisotopic (exact) mass is 353 g/mol. The molecule has 0 bridgehead atoms. The van der Waals surface area contributed by atoms with Crippen LogP contribution in [0.25, 0.3) is 0 Å². The minimum atomic E-state index is -0.0776. The summed E-state index contributed by atoms with van der Waals surface area (Å²) in [5.74, 6) is 0.175. The summed E-state index contributed by atoms with van der Waals surface area (Å²) in [4.78, 5) is 12.2. The van der Waals surface area contributed by atoms with E-state index in [1.54, 1.807) is 4.68 Å². The molecule has 0 aliphatic carbocycles. The number of carbonyl (C=O) groups excluding carboxylic acids is 1. The van der Waals surface area contributed by atoms with Gasteiger partial charge in [-0.1, -0.05) is 59.8 Å². The first-order chi connectivity index (χ1) is 12.1. The van der Waals surface area contributed by atoms with Crippen molar-refractivity contribution in [3.8, 4) is 0 Å². The number of tetrazole rings is 1. The third kappa shape index (κ3) is 4.67. The van der Waals surface area contributed by atoms with Crippen molar-refractivity contribution in [3.05, 3.63) is 65.2 Å². The van der Waals surface area contributed by atoms with Crippen LogP contribution in [-0.2, 0) is 11.3 Å². The number of benzene rings is 2. The molecule has 2 aromatic carbocycles. The van der Waals surface area contributed by atoms with Gasteiger partial charge in [-0.2, -0.15) is 0 Å². The topological polar surface area (TPSA) is 72.7 Å². The summed E-state index contributed by atoms with van der Waals surface area (Å²) in [6.07, 6.45) is 0. The minimum absolute atomic E-state index is 0.0776. The molecular formula is C18H19N5OS. The van der Waals surface area contributed by atoms with E-state index in [2.05, 4.69) is 20.8 Å². The molecule has 0 aliphatic heterocycles. The van der Waals surface area contributed by atoms with E-state index in [-0.39, 0.29) is 11.7 Å². The van der Waals surface area contributed by atoms with E-state index in [9.17, 15) is 4.79 Å². The van der Waals surface area contributed by atoms with Crippen LogP contribution in [0.2, 0.25) is 0 Å². The molecule has 1 amide bonds. The molecule has 0 spiro atoms. The average molecular weight is 353 g/mol. The Labute approximate surface area is 150 Å². The molecule has 7 heteroatoms. The fourth-order valence-corrected chi connectivity index (χ4v) is 3.10. The number of rotatable bonds is 6. The van der Waals surface area contributed by atoms with Crippen molar-refractivity contribution >= 4 is 23.4 Å². The Morgan fingerprint density at radius 1 is 1.16 bits per heavy atom. The summed E-state index contributed by atoms with van der Waals surface area (Å²) in [6.45, 7) is 4.59. The largest absolute Gasteiger partial charge is 0.325 e. The summed E-state index contributed by atoms with van der Waals surface area (Å²) >= 11 is 1.32. The van der Waals surface area contributed by atoms with Gasteiger partial charge in [0.2, 0.25) is 11.1 Å². The smallest absolute Gasteiger partial charge is 0.234 e. The Morgan fingerprint density at radius 2 is 1.96 bits per heavy atom. The number of aryl methyl sites for hydroxylation is 2. The number of aromatic nitrogens is 4. The van der Waals surface area contributed by atoms with E-state index < -0.39 is 0 Å². The second-order valence-electron chi connectivity index (χ2n) is 5.76. The zero-order valence-electron chi connectivity index (χ0n) is 14.1. The molecule has 1 N–H and O–H groups in total. The van der Waals surface area contributed by atoms with Gasteiger partial charge in [-0.15, -0.1) is 5.10 Å². The number of hydrogen-bond acceptors (Lipinski definition) is 5. The lowest BCUT2D eigenvalue weighted by atomic mass is 10.1. The first-order valence-corrected chi connectivity index (χ1v) is 8.90. The van der Waals surface area contributed by atoms with Crippen molar-refractivity contribution in [2.75, 3.05) is 11.1 Å². The summed E-state index contributed by atoms with van der Waals surface area (Å²) in [6, 6.07) is 15.9. The highest BCUT2D eigenvalue weighted by molar-refractivity contribution is 7.99. The van der Waals surface area contributed by atoms with Gasteiger partial charge >= 0.3 is 0 Å². The SMILES string of the molecule is Cc1ccc(NC(=O)CSc2nnnn2Cc2ccccc2)c(C)c1. The van der Waals surface area contributed by atoms with Crippen molar-refractivity contribution in [2.45, 2.75) is 25.5 Å². The number of thioether (sulfide) groups is 1. The van der Waals surface area contributed by atoms with Gasteiger partial charge in [-0.05, 0) is 41.5 Å². The van der Waals surface area contributed by atoms with Crippen LogP contribution >= 0.6 is 11.8 Å². The van der Waals surface area contributed by atoms with Crippen LogP contribution < -0.4 is 5.32 Å². The summed E-state index contributed by atoms with van der Waals surface area (Å²) in [5, 5.41) is 15.3. The van der Waals surface area contributed by atoms with E-state index in [0.29, 0.717) is 11.7 Å². The molecule has 0 radical (unpaired) electrons. The molecule has 0 fully saturated rings. The first-order valence-electron chi connectivity index (χ1n) is 7.92. The lowest BCUT2D eigenvalue weighted by Gasteiger charge is -2.09. The van der Waals surface area contributed by atoms with Gasteiger partial charge < -0.3 is 5.32 Å². The maximum atomic E-state index is 12.2. The Bertz CT molecular complexity index is 863. The van der Waals surface area contributed by atoms with E-state index >= 15 is 0 Å². The summed E-state index contributed by atoms with van der Waals surface area (Å²) < 4.78 is 1.70. The predicted octanol–water partition coefficient (Wildman–Crippen LogP) is 3.07. The molecule has 1 heterocycles. The minimum Gasteiger partial charge on any atom is -0.325 e. The summed E-state index contributed by atoms with van der Waals surface area (Å²) in [5.41, 5.74) is 4.16. The quantitative estimate of drug-likeness (QED) is 0.690. The van der Waals surface area contributed by atoms with E-state index in [1.807, 2.05) is 62.4 Å². The fraction of sp³-hybridized carbons (Fsp3) is 0.222. The van der Waals surface area contributed by atoms with Crippen LogP contribution in [0.4, 0.5) is 5.69 Å². The average Bonchev–Trinajstić information content (AvgIpc) is 3.03. The van der Waals surface area contributed by atoms with Crippen molar-refractivity contribution in [2.24, 2.45) is 0 Å².